The van der Waals surface area contributed by atoms with Crippen LogP contribution in [0.2, 0.25) is 5.02 Å². The van der Waals surface area contributed by atoms with Crippen LogP contribution in [0.25, 0.3) is 0 Å². The summed E-state index contributed by atoms with van der Waals surface area (Å²) in [7, 11) is 0. The first kappa shape index (κ1) is 24.2. The SMILES string of the molecule is O=C(NOCCO)c1cc(/C=N/OCCO)c(F)c(F)c1Nc1ccc(I)cc1Cl. The third-order valence-corrected chi connectivity index (χ3v) is 4.46. The van der Waals surface area contributed by atoms with E-state index in [1.165, 1.54) is 0 Å². The fraction of sp³-hybridized carbons (Fsp3) is 0.222. The van der Waals surface area contributed by atoms with Crippen LogP contribution in [-0.4, -0.2) is 48.8 Å². The summed E-state index contributed by atoms with van der Waals surface area (Å²) in [6, 6.07) is 5.86. The molecule has 0 saturated heterocycles. The molecule has 162 valence electrons. The Kier molecular flexibility index (Phi) is 9.65. The molecule has 12 heteroatoms. The van der Waals surface area contributed by atoms with Gasteiger partial charge in [0.1, 0.15) is 6.61 Å². The number of aliphatic hydroxyl groups is 2. The molecule has 4 N–H and O–H groups in total. The lowest BCUT2D eigenvalue weighted by atomic mass is 10.1. The minimum atomic E-state index is -1.36. The second kappa shape index (κ2) is 12.0. The van der Waals surface area contributed by atoms with Crippen LogP contribution in [0.4, 0.5) is 20.2 Å². The molecule has 0 heterocycles. The van der Waals surface area contributed by atoms with Gasteiger partial charge in [-0.25, -0.2) is 14.3 Å². The van der Waals surface area contributed by atoms with Crippen LogP contribution in [0.5, 0.6) is 0 Å². The number of carbonyl (C=O) groups is 1. The van der Waals surface area contributed by atoms with Gasteiger partial charge in [0.05, 0.1) is 48.0 Å². The van der Waals surface area contributed by atoms with Crippen LogP contribution in [0.15, 0.2) is 29.4 Å². The van der Waals surface area contributed by atoms with E-state index in [2.05, 4.69) is 15.3 Å². The van der Waals surface area contributed by atoms with Gasteiger partial charge >= 0.3 is 0 Å². The molecule has 0 aliphatic rings. The monoisotopic (exact) mass is 555 g/mol. The lowest BCUT2D eigenvalue weighted by Gasteiger charge is -2.16. The average molecular weight is 556 g/mol. The smallest absolute Gasteiger partial charge is 0.277 e. The molecule has 0 atom stereocenters. The number of nitrogens with one attached hydrogen (secondary N) is 2. The number of hydroxylamine groups is 1. The van der Waals surface area contributed by atoms with Crippen molar-refractivity contribution in [3.8, 4) is 0 Å². The fourth-order valence-corrected chi connectivity index (χ4v) is 3.07. The standard InChI is InChI=1S/C18H17ClF2IN3O5/c19-13-8-11(22)1-2-14(13)24-17-12(18(28)25-30-6-4-27)7-10(15(20)16(17)21)9-23-29-5-3-26/h1-2,7-9,24,26-27H,3-6H2,(H,25,28)/b23-9+. The molecule has 0 bridgehead atoms. The highest BCUT2D eigenvalue weighted by molar-refractivity contribution is 14.1. The number of oxime groups is 1. The third kappa shape index (κ3) is 6.47. The van der Waals surface area contributed by atoms with Crippen molar-refractivity contribution in [2.75, 3.05) is 31.7 Å². The van der Waals surface area contributed by atoms with Crippen LogP contribution >= 0.6 is 34.2 Å². The van der Waals surface area contributed by atoms with Crippen LogP contribution in [-0.2, 0) is 9.68 Å². The number of benzene rings is 2. The zero-order chi connectivity index (χ0) is 22.1. The summed E-state index contributed by atoms with van der Waals surface area (Å²) in [6.07, 6.45) is 0.862. The van der Waals surface area contributed by atoms with Gasteiger partial charge in [-0.2, -0.15) is 0 Å². The summed E-state index contributed by atoms with van der Waals surface area (Å²) >= 11 is 8.18. The first-order valence-electron chi connectivity index (χ1n) is 8.42. The maximum absolute atomic E-state index is 14.9. The van der Waals surface area contributed by atoms with E-state index in [-0.39, 0.29) is 48.3 Å². The van der Waals surface area contributed by atoms with Gasteiger partial charge in [-0.3, -0.25) is 9.63 Å². The van der Waals surface area contributed by atoms with E-state index < -0.39 is 23.2 Å². The average Bonchev–Trinajstić information content (AvgIpc) is 2.72. The Balaban J connectivity index is 2.47. The topological polar surface area (TPSA) is 112 Å². The molecule has 1 amide bonds. The molecule has 0 aliphatic carbocycles. The van der Waals surface area contributed by atoms with Crippen molar-refractivity contribution in [2.45, 2.75) is 0 Å². The van der Waals surface area contributed by atoms with E-state index in [9.17, 15) is 13.6 Å². The van der Waals surface area contributed by atoms with Crippen LogP contribution < -0.4 is 10.8 Å². The second-order valence-corrected chi connectivity index (χ2v) is 7.21. The van der Waals surface area contributed by atoms with Gasteiger partial charge in [0.15, 0.2) is 11.6 Å². The first-order chi connectivity index (χ1) is 14.4. The number of hydrogen-bond acceptors (Lipinski definition) is 7. The molecule has 2 rings (SSSR count). The van der Waals surface area contributed by atoms with Crippen molar-refractivity contribution in [3.05, 3.63) is 55.6 Å². The number of hydrogen-bond donors (Lipinski definition) is 4. The van der Waals surface area contributed by atoms with Crippen molar-refractivity contribution in [3.63, 3.8) is 0 Å². The van der Waals surface area contributed by atoms with Crippen LogP contribution in [0.3, 0.4) is 0 Å². The van der Waals surface area contributed by atoms with Crippen molar-refractivity contribution < 1.29 is 33.5 Å². The number of nitrogens with zero attached hydrogens (tertiary/aromatic N) is 1. The molecule has 0 aromatic heterocycles. The van der Waals surface area contributed by atoms with Gasteiger partial charge in [0.25, 0.3) is 5.91 Å². The van der Waals surface area contributed by atoms with E-state index >= 15 is 0 Å². The highest BCUT2D eigenvalue weighted by Gasteiger charge is 2.23. The Hall–Kier alpha value is -2.06. The molecule has 0 unspecified atom stereocenters. The predicted octanol–water partition coefficient (Wildman–Crippen LogP) is 2.96. The van der Waals surface area contributed by atoms with Crippen molar-refractivity contribution >= 4 is 57.7 Å². The zero-order valence-electron chi connectivity index (χ0n) is 15.3. The minimum Gasteiger partial charge on any atom is -0.394 e. The number of amides is 1. The summed E-state index contributed by atoms with van der Waals surface area (Å²) in [6.45, 7) is -1.02. The summed E-state index contributed by atoms with van der Waals surface area (Å²) in [4.78, 5) is 21.9. The van der Waals surface area contributed by atoms with E-state index in [1.54, 1.807) is 18.2 Å². The van der Waals surface area contributed by atoms with E-state index in [4.69, 9.17) is 26.7 Å². The quantitative estimate of drug-likeness (QED) is 0.155. The van der Waals surface area contributed by atoms with Gasteiger partial charge in [0, 0.05) is 9.13 Å². The second-order valence-electron chi connectivity index (χ2n) is 5.56. The van der Waals surface area contributed by atoms with E-state index in [1.807, 2.05) is 28.1 Å². The fourth-order valence-electron chi connectivity index (χ4n) is 2.17. The first-order valence-corrected chi connectivity index (χ1v) is 9.88. The lowest BCUT2D eigenvalue weighted by Crippen LogP contribution is -2.26. The Morgan fingerprint density at radius 1 is 1.20 bits per heavy atom. The molecule has 30 heavy (non-hydrogen) atoms. The van der Waals surface area contributed by atoms with Gasteiger partial charge in [-0.1, -0.05) is 16.8 Å². The predicted molar refractivity (Wildman–Crippen MR) is 115 cm³/mol. The number of carbonyl (C=O) groups excluding carboxylic acids is 1. The normalized spacial score (nSPS) is 11.0. The summed E-state index contributed by atoms with van der Waals surface area (Å²) in [5.74, 6) is -3.55. The van der Waals surface area contributed by atoms with Crippen LogP contribution in [0, 0.1) is 15.2 Å². The largest absolute Gasteiger partial charge is 0.394 e. The maximum atomic E-state index is 14.9. The van der Waals surface area contributed by atoms with Crippen molar-refractivity contribution in [1.29, 1.82) is 0 Å². The summed E-state index contributed by atoms with van der Waals surface area (Å²) in [5.41, 5.74) is 1.10. The van der Waals surface area contributed by atoms with Gasteiger partial charge in [-0.15, -0.1) is 0 Å². The lowest BCUT2D eigenvalue weighted by molar-refractivity contribution is 0.0168. The Morgan fingerprint density at radius 2 is 1.93 bits per heavy atom. The van der Waals surface area contributed by atoms with Crippen LogP contribution in [0.1, 0.15) is 15.9 Å². The summed E-state index contributed by atoms with van der Waals surface area (Å²) in [5, 5.41) is 23.7. The molecule has 8 nitrogen and oxygen atoms in total. The van der Waals surface area contributed by atoms with Crippen molar-refractivity contribution in [2.24, 2.45) is 5.16 Å². The summed E-state index contributed by atoms with van der Waals surface area (Å²) < 4.78 is 30.2. The molecule has 0 saturated carbocycles. The van der Waals surface area contributed by atoms with Gasteiger partial charge in [0.2, 0.25) is 0 Å². The van der Waals surface area contributed by atoms with Gasteiger partial charge in [-0.05, 0) is 46.9 Å². The highest BCUT2D eigenvalue weighted by atomic mass is 127. The number of rotatable bonds is 10. The Morgan fingerprint density at radius 3 is 2.60 bits per heavy atom. The van der Waals surface area contributed by atoms with Crippen molar-refractivity contribution in [1.82, 2.24) is 5.48 Å². The highest BCUT2D eigenvalue weighted by Crippen LogP contribution is 2.32. The van der Waals surface area contributed by atoms with Gasteiger partial charge < -0.3 is 20.4 Å². The third-order valence-electron chi connectivity index (χ3n) is 3.48. The molecule has 0 radical (unpaired) electrons. The molecule has 2 aromatic rings. The molecule has 2 aromatic carbocycles. The van der Waals surface area contributed by atoms with E-state index in [0.29, 0.717) is 0 Å². The zero-order valence-corrected chi connectivity index (χ0v) is 18.2. The maximum Gasteiger partial charge on any atom is 0.277 e. The molecule has 0 fully saturated rings. The molecular weight excluding hydrogens is 539 g/mol. The number of anilines is 2. The van der Waals surface area contributed by atoms with E-state index in [0.717, 1.165) is 15.9 Å². The molecule has 0 aliphatic heterocycles. The molecular formula is C18H17ClF2IN3O5. The molecule has 0 spiro atoms. The Labute approximate surface area is 188 Å². The minimum absolute atomic E-state index is 0.145. The number of halogens is 4. The Bertz CT molecular complexity index is 933. The number of aliphatic hydroxyl groups excluding tert-OH is 2.